The van der Waals surface area contributed by atoms with E-state index in [1.54, 1.807) is 24.3 Å². The fourth-order valence-electron chi connectivity index (χ4n) is 3.38. The van der Waals surface area contributed by atoms with Gasteiger partial charge in [0, 0.05) is 17.6 Å². The summed E-state index contributed by atoms with van der Waals surface area (Å²) >= 11 is 0. The van der Waals surface area contributed by atoms with Gasteiger partial charge in [0.05, 0.1) is 24.7 Å². The minimum atomic E-state index is -1.24. The number of carbonyl (C=O) groups is 1. The maximum absolute atomic E-state index is 13.7. The van der Waals surface area contributed by atoms with Crippen LogP contribution in [0.1, 0.15) is 49.7 Å². The first-order valence-electron chi connectivity index (χ1n) is 11.0. The van der Waals surface area contributed by atoms with Crippen LogP contribution in [-0.4, -0.2) is 53.7 Å². The van der Waals surface area contributed by atoms with Crippen LogP contribution in [0.2, 0.25) is 0 Å². The fraction of sp³-hybridized carbons (Fsp3) is 0.280. The molecule has 184 valence electrons. The molecule has 0 aliphatic heterocycles. The number of hydrogen-bond donors (Lipinski definition) is 3. The van der Waals surface area contributed by atoms with E-state index in [4.69, 9.17) is 5.11 Å². The molecule has 1 aromatic heterocycles. The molecule has 0 spiro atoms. The van der Waals surface area contributed by atoms with Crippen LogP contribution >= 0.6 is 0 Å². The number of nitrogens with zero attached hydrogens (tertiary/aromatic N) is 4. The predicted octanol–water partition coefficient (Wildman–Crippen LogP) is 3.63. The second kappa shape index (κ2) is 11.6. The van der Waals surface area contributed by atoms with Crippen molar-refractivity contribution < 1.29 is 28.9 Å². The Hall–Kier alpha value is -3.76. The lowest BCUT2D eigenvalue weighted by Gasteiger charge is -2.14. The number of allylic oxidation sites excluding steroid dienone is 2. The molecule has 0 amide bonds. The molecule has 3 aromatic rings. The van der Waals surface area contributed by atoms with E-state index in [1.807, 2.05) is 13.8 Å². The number of benzene rings is 2. The minimum Gasteiger partial charge on any atom is -0.481 e. The second-order valence-corrected chi connectivity index (χ2v) is 8.24. The lowest BCUT2D eigenvalue weighted by Crippen LogP contribution is -2.19. The third-order valence-electron chi connectivity index (χ3n) is 5.08. The van der Waals surface area contributed by atoms with Gasteiger partial charge in [-0.05, 0) is 54.5 Å². The van der Waals surface area contributed by atoms with Crippen LogP contribution in [0.25, 0.3) is 11.1 Å². The molecule has 10 heteroatoms. The van der Waals surface area contributed by atoms with Gasteiger partial charge in [-0.3, -0.25) is 4.79 Å². The van der Waals surface area contributed by atoms with E-state index in [1.165, 1.54) is 41.2 Å². The lowest BCUT2D eigenvalue weighted by molar-refractivity contribution is -0.139. The van der Waals surface area contributed by atoms with Crippen molar-refractivity contribution >= 4 is 17.1 Å². The van der Waals surface area contributed by atoms with Gasteiger partial charge in [0.1, 0.15) is 11.6 Å². The van der Waals surface area contributed by atoms with Crippen molar-refractivity contribution in [1.82, 2.24) is 20.2 Å². The Kier molecular flexibility index (Phi) is 8.56. The van der Waals surface area contributed by atoms with Crippen molar-refractivity contribution in [2.75, 3.05) is 0 Å². The third-order valence-corrected chi connectivity index (χ3v) is 5.08. The van der Waals surface area contributed by atoms with Gasteiger partial charge in [-0.1, -0.05) is 36.4 Å². The summed E-state index contributed by atoms with van der Waals surface area (Å²) in [6, 6.07) is 11.3. The molecule has 1 heterocycles. The number of aromatic nitrogens is 4. The van der Waals surface area contributed by atoms with Crippen LogP contribution in [0, 0.1) is 11.6 Å². The van der Waals surface area contributed by atoms with Gasteiger partial charge in [0.15, 0.2) is 0 Å². The van der Waals surface area contributed by atoms with E-state index in [2.05, 4.69) is 15.4 Å². The topological polar surface area (TPSA) is 121 Å². The van der Waals surface area contributed by atoms with Crippen LogP contribution in [0.5, 0.6) is 0 Å². The van der Waals surface area contributed by atoms with Crippen molar-refractivity contribution in [2.24, 2.45) is 0 Å². The second-order valence-electron chi connectivity index (χ2n) is 8.24. The molecule has 35 heavy (non-hydrogen) atoms. The molecular formula is C25H26F2N4O4. The van der Waals surface area contributed by atoms with E-state index in [-0.39, 0.29) is 18.3 Å². The minimum absolute atomic E-state index is 0.0849. The molecule has 0 fully saturated rings. The van der Waals surface area contributed by atoms with Gasteiger partial charge in [0.25, 0.3) is 0 Å². The Morgan fingerprint density at radius 3 is 2.00 bits per heavy atom. The molecule has 0 bridgehead atoms. The van der Waals surface area contributed by atoms with E-state index in [9.17, 15) is 23.8 Å². The summed E-state index contributed by atoms with van der Waals surface area (Å²) in [4.78, 5) is 12.2. The average Bonchev–Trinajstić information content (AvgIpc) is 3.28. The maximum Gasteiger partial charge on any atom is 0.305 e. The number of carboxylic acid groups (broad SMARTS) is 1. The molecule has 0 saturated carbocycles. The number of aliphatic hydroxyl groups is 2. The monoisotopic (exact) mass is 484 g/mol. The molecule has 8 nitrogen and oxygen atoms in total. The van der Waals surface area contributed by atoms with Crippen LogP contribution in [0.4, 0.5) is 8.78 Å². The van der Waals surface area contributed by atoms with E-state index >= 15 is 0 Å². The Bertz CT molecular complexity index is 1160. The summed E-state index contributed by atoms with van der Waals surface area (Å²) in [5, 5.41) is 41.7. The number of tetrazole rings is 1. The smallest absolute Gasteiger partial charge is 0.305 e. The summed E-state index contributed by atoms with van der Waals surface area (Å²) in [5.74, 6) is -1.84. The Morgan fingerprint density at radius 1 is 1.00 bits per heavy atom. The number of rotatable bonds is 10. The molecule has 2 atom stereocenters. The number of aliphatic hydroxyl groups excluding tert-OH is 2. The highest BCUT2D eigenvalue weighted by molar-refractivity contribution is 6.00. The zero-order valence-electron chi connectivity index (χ0n) is 19.2. The highest BCUT2D eigenvalue weighted by atomic mass is 19.1. The quantitative estimate of drug-likeness (QED) is 0.376. The van der Waals surface area contributed by atoms with Gasteiger partial charge < -0.3 is 15.3 Å². The molecule has 0 saturated heterocycles. The van der Waals surface area contributed by atoms with E-state index in [0.717, 1.165) is 0 Å². The van der Waals surface area contributed by atoms with E-state index < -0.39 is 36.2 Å². The summed E-state index contributed by atoms with van der Waals surface area (Å²) in [6.07, 6.45) is -0.222. The Morgan fingerprint density at radius 2 is 1.54 bits per heavy atom. The SMILES string of the molecule is CC(C)n1nnc(C(/C=C/C(O)CC(O)CC(=O)O)=C(c2ccc(F)cc2)c2ccc(F)cc2)n1. The summed E-state index contributed by atoms with van der Waals surface area (Å²) < 4.78 is 27.3. The molecular weight excluding hydrogens is 458 g/mol. The van der Waals surface area contributed by atoms with Crippen molar-refractivity contribution in [3.05, 3.63) is 89.3 Å². The number of halogens is 2. The van der Waals surface area contributed by atoms with Crippen LogP contribution < -0.4 is 0 Å². The third kappa shape index (κ3) is 7.11. The first kappa shape index (κ1) is 25.9. The highest BCUT2D eigenvalue weighted by Gasteiger charge is 2.19. The van der Waals surface area contributed by atoms with Crippen molar-refractivity contribution in [3.63, 3.8) is 0 Å². The van der Waals surface area contributed by atoms with Gasteiger partial charge in [-0.25, -0.2) is 8.78 Å². The van der Waals surface area contributed by atoms with Crippen molar-refractivity contribution in [1.29, 1.82) is 0 Å². The van der Waals surface area contributed by atoms with Crippen LogP contribution in [0.15, 0.2) is 60.7 Å². The van der Waals surface area contributed by atoms with Gasteiger partial charge >= 0.3 is 5.97 Å². The van der Waals surface area contributed by atoms with Crippen LogP contribution in [-0.2, 0) is 4.79 Å². The van der Waals surface area contributed by atoms with Crippen molar-refractivity contribution in [2.45, 2.75) is 44.9 Å². The summed E-state index contributed by atoms with van der Waals surface area (Å²) in [6.45, 7) is 3.75. The fourth-order valence-corrected chi connectivity index (χ4v) is 3.38. The molecule has 2 aromatic carbocycles. The van der Waals surface area contributed by atoms with E-state index in [0.29, 0.717) is 22.3 Å². The largest absolute Gasteiger partial charge is 0.481 e. The molecule has 0 aliphatic carbocycles. The first-order valence-corrected chi connectivity index (χ1v) is 11.0. The molecule has 3 rings (SSSR count). The average molecular weight is 485 g/mol. The van der Waals surface area contributed by atoms with Gasteiger partial charge in [0.2, 0.25) is 5.82 Å². The first-order chi connectivity index (χ1) is 16.6. The number of carboxylic acids is 1. The van der Waals surface area contributed by atoms with Gasteiger partial charge in [-0.15, -0.1) is 10.2 Å². The zero-order valence-corrected chi connectivity index (χ0v) is 19.2. The summed E-state index contributed by atoms with van der Waals surface area (Å²) in [7, 11) is 0. The predicted molar refractivity (Wildman–Crippen MR) is 125 cm³/mol. The van der Waals surface area contributed by atoms with Crippen LogP contribution in [0.3, 0.4) is 0 Å². The Labute approximate surface area is 200 Å². The molecule has 0 radical (unpaired) electrons. The highest BCUT2D eigenvalue weighted by Crippen LogP contribution is 2.32. The normalized spacial score (nSPS) is 13.2. The molecule has 2 unspecified atom stereocenters. The number of hydrogen-bond acceptors (Lipinski definition) is 6. The van der Waals surface area contributed by atoms with Gasteiger partial charge in [-0.2, -0.15) is 4.80 Å². The maximum atomic E-state index is 13.7. The Balaban J connectivity index is 2.16. The zero-order chi connectivity index (χ0) is 25.5. The molecule has 0 aliphatic rings. The summed E-state index contributed by atoms with van der Waals surface area (Å²) in [5.41, 5.74) is 2.10. The standard InChI is InChI=1S/C25H26F2N4O4/c1-15(2)31-29-25(28-30-31)22(12-11-20(32)13-21(33)14-23(34)35)24(16-3-7-18(26)8-4-16)17-5-9-19(27)10-6-17/h3-12,15,20-21,32-33H,13-14H2,1-2H3,(H,34,35)/b12-11+. The molecule has 3 N–H and O–H groups in total. The number of aliphatic carboxylic acids is 1. The van der Waals surface area contributed by atoms with Crippen molar-refractivity contribution in [3.8, 4) is 0 Å². The lowest BCUT2D eigenvalue weighted by atomic mass is 9.92.